The molecule has 1 aliphatic heterocycles. The Bertz CT molecular complexity index is 553. The van der Waals surface area contributed by atoms with E-state index in [-0.39, 0.29) is 6.10 Å². The topological polar surface area (TPSA) is 33.9 Å². The van der Waals surface area contributed by atoms with Crippen molar-refractivity contribution in [2.24, 2.45) is 23.7 Å². The van der Waals surface area contributed by atoms with Crippen molar-refractivity contribution in [3.63, 3.8) is 0 Å². The number of benzene rings is 1. The lowest BCUT2D eigenvalue weighted by atomic mass is 9.75. The molecule has 0 spiro atoms. The van der Waals surface area contributed by atoms with Gasteiger partial charge in [-0.15, -0.1) is 0 Å². The van der Waals surface area contributed by atoms with Gasteiger partial charge in [0.25, 0.3) is 0 Å². The lowest BCUT2D eigenvalue weighted by Gasteiger charge is -2.37. The summed E-state index contributed by atoms with van der Waals surface area (Å²) in [6.45, 7) is 10.7. The zero-order valence-corrected chi connectivity index (χ0v) is 18.3. The number of piperidine rings is 1. The minimum absolute atomic E-state index is 0.328. The van der Waals surface area contributed by atoms with E-state index in [1.54, 1.807) is 4.90 Å². The smallest absolute Gasteiger partial charge is 0.126 e. The van der Waals surface area contributed by atoms with Gasteiger partial charge in [0.1, 0.15) is 12.6 Å². The first-order valence-corrected chi connectivity index (χ1v) is 11.7. The second-order valence-corrected chi connectivity index (χ2v) is 9.94. The highest BCUT2D eigenvalue weighted by atomic mass is 16.5. The first-order valence-electron chi connectivity index (χ1n) is 11.7. The van der Waals surface area contributed by atoms with E-state index in [0.29, 0.717) is 24.5 Å². The van der Waals surface area contributed by atoms with Gasteiger partial charge in [0.15, 0.2) is 0 Å². The summed E-state index contributed by atoms with van der Waals surface area (Å²) in [6, 6.07) is 10.9. The minimum atomic E-state index is -0.328. The molecule has 0 radical (unpaired) electrons. The Labute approximate surface area is 172 Å². The number of ether oxygens (including phenoxy) is 1. The summed E-state index contributed by atoms with van der Waals surface area (Å²) in [7, 11) is 0. The Balaban J connectivity index is 1.36. The van der Waals surface area contributed by atoms with Crippen LogP contribution in [0, 0.1) is 23.7 Å². The zero-order chi connectivity index (χ0) is 19.9. The predicted molar refractivity (Wildman–Crippen MR) is 116 cm³/mol. The fourth-order valence-corrected chi connectivity index (χ4v) is 5.37. The third-order valence-corrected chi connectivity index (χ3v) is 7.17. The lowest BCUT2D eigenvalue weighted by molar-refractivity contribution is -0.909. The molecule has 3 heteroatoms. The molecule has 2 N–H and O–H groups in total. The van der Waals surface area contributed by atoms with Crippen molar-refractivity contribution in [1.82, 2.24) is 0 Å². The van der Waals surface area contributed by atoms with Crippen LogP contribution < -0.4 is 4.90 Å². The maximum absolute atomic E-state index is 10.6. The summed E-state index contributed by atoms with van der Waals surface area (Å²) in [5.41, 5.74) is 1.46. The van der Waals surface area contributed by atoms with E-state index >= 15 is 0 Å². The van der Waals surface area contributed by atoms with Crippen LogP contribution in [0.2, 0.25) is 0 Å². The predicted octanol–water partition coefficient (Wildman–Crippen LogP) is 3.36. The van der Waals surface area contributed by atoms with Crippen molar-refractivity contribution in [3.8, 4) is 0 Å². The van der Waals surface area contributed by atoms with Crippen molar-refractivity contribution < 1.29 is 14.7 Å². The van der Waals surface area contributed by atoms with Gasteiger partial charge in [0, 0.05) is 0 Å². The molecule has 1 aromatic rings. The van der Waals surface area contributed by atoms with Crippen LogP contribution in [-0.4, -0.2) is 43.6 Å². The summed E-state index contributed by atoms with van der Waals surface area (Å²) in [4.78, 5) is 1.55. The average Bonchev–Trinajstić information content (AvgIpc) is 2.68. The number of nitrogens with one attached hydrogen (secondary N) is 1. The number of aliphatic hydroxyl groups is 1. The van der Waals surface area contributed by atoms with Crippen molar-refractivity contribution in [1.29, 1.82) is 0 Å². The highest BCUT2D eigenvalue weighted by Gasteiger charge is 2.32. The Morgan fingerprint density at radius 1 is 1.07 bits per heavy atom. The van der Waals surface area contributed by atoms with Gasteiger partial charge in [-0.1, -0.05) is 57.5 Å². The van der Waals surface area contributed by atoms with E-state index in [9.17, 15) is 5.11 Å². The molecule has 28 heavy (non-hydrogen) atoms. The number of aliphatic hydroxyl groups excluding tert-OH is 1. The van der Waals surface area contributed by atoms with Crippen LogP contribution >= 0.6 is 0 Å². The molecule has 2 aliphatic rings. The van der Waals surface area contributed by atoms with Crippen LogP contribution in [-0.2, 0) is 11.2 Å². The lowest BCUT2D eigenvalue weighted by Crippen LogP contribution is -3.14. The van der Waals surface area contributed by atoms with Crippen LogP contribution in [0.3, 0.4) is 0 Å². The molecule has 1 aromatic carbocycles. The van der Waals surface area contributed by atoms with Crippen LogP contribution in [0.15, 0.2) is 30.3 Å². The van der Waals surface area contributed by atoms with Crippen molar-refractivity contribution >= 4 is 0 Å². The van der Waals surface area contributed by atoms with E-state index in [4.69, 9.17) is 4.74 Å². The number of quaternary nitrogens is 1. The van der Waals surface area contributed by atoms with Gasteiger partial charge in [0.05, 0.1) is 25.8 Å². The minimum Gasteiger partial charge on any atom is -0.385 e. The molecule has 4 atom stereocenters. The quantitative estimate of drug-likeness (QED) is 0.716. The van der Waals surface area contributed by atoms with Gasteiger partial charge in [-0.05, 0) is 61.3 Å². The van der Waals surface area contributed by atoms with Gasteiger partial charge < -0.3 is 14.7 Å². The normalized spacial score (nSPS) is 32.4. The van der Waals surface area contributed by atoms with Crippen LogP contribution in [0.1, 0.15) is 58.4 Å². The van der Waals surface area contributed by atoms with Gasteiger partial charge >= 0.3 is 0 Å². The molecule has 1 heterocycles. The molecule has 3 nitrogen and oxygen atoms in total. The zero-order valence-electron chi connectivity index (χ0n) is 18.3. The van der Waals surface area contributed by atoms with Gasteiger partial charge in [-0.2, -0.15) is 0 Å². The summed E-state index contributed by atoms with van der Waals surface area (Å²) < 4.78 is 6.27. The number of rotatable bonds is 8. The molecule has 1 saturated carbocycles. The summed E-state index contributed by atoms with van der Waals surface area (Å²) >= 11 is 0. The second-order valence-electron chi connectivity index (χ2n) is 9.94. The Kier molecular flexibility index (Phi) is 8.37. The number of hydrogen-bond donors (Lipinski definition) is 2. The standard InChI is InChI=1S/C25H41NO2/c1-19(2)24-10-9-20(3)15-25(24)28-18-23(27)17-26-13-11-22(12-14-26)16-21-7-5-4-6-8-21/h4-8,19-20,22-25,27H,9-18H2,1-3H3/p+1/t20-,23+,24+,25+/m0/s1. The molecular weight excluding hydrogens is 346 g/mol. The molecule has 2 fully saturated rings. The van der Waals surface area contributed by atoms with E-state index in [0.717, 1.165) is 24.8 Å². The first kappa shape index (κ1) is 21.8. The van der Waals surface area contributed by atoms with E-state index in [1.807, 2.05) is 0 Å². The SMILES string of the molecule is CC(C)[C@H]1CC[C@H](C)C[C@H]1OC[C@H](O)C[NH+]1CCC(Cc2ccccc2)CC1. The van der Waals surface area contributed by atoms with Gasteiger partial charge in [-0.3, -0.25) is 0 Å². The Hall–Kier alpha value is -0.900. The second kappa shape index (κ2) is 10.8. The Morgan fingerprint density at radius 3 is 2.46 bits per heavy atom. The molecule has 1 saturated heterocycles. The van der Waals surface area contributed by atoms with Crippen LogP contribution in [0.5, 0.6) is 0 Å². The largest absolute Gasteiger partial charge is 0.385 e. The summed E-state index contributed by atoms with van der Waals surface area (Å²) in [6.07, 6.45) is 7.52. The highest BCUT2D eigenvalue weighted by molar-refractivity contribution is 5.15. The molecule has 158 valence electrons. The third-order valence-electron chi connectivity index (χ3n) is 7.17. The first-order chi connectivity index (χ1) is 13.5. The molecule has 0 bridgehead atoms. The van der Waals surface area contributed by atoms with Gasteiger partial charge in [0.2, 0.25) is 0 Å². The van der Waals surface area contributed by atoms with Crippen LogP contribution in [0.25, 0.3) is 0 Å². The molecule has 0 amide bonds. The molecule has 1 aliphatic carbocycles. The monoisotopic (exact) mass is 388 g/mol. The Morgan fingerprint density at radius 2 is 1.79 bits per heavy atom. The fraction of sp³-hybridized carbons (Fsp3) is 0.760. The third kappa shape index (κ3) is 6.57. The fourth-order valence-electron chi connectivity index (χ4n) is 5.37. The van der Waals surface area contributed by atoms with E-state index in [1.165, 1.54) is 50.8 Å². The average molecular weight is 389 g/mol. The molecular formula is C25H42NO2+. The summed E-state index contributed by atoms with van der Waals surface area (Å²) in [5, 5.41) is 10.6. The van der Waals surface area contributed by atoms with Gasteiger partial charge in [-0.25, -0.2) is 0 Å². The number of hydrogen-bond acceptors (Lipinski definition) is 2. The molecule has 3 rings (SSSR count). The maximum atomic E-state index is 10.6. The van der Waals surface area contributed by atoms with E-state index in [2.05, 4.69) is 51.1 Å². The highest BCUT2D eigenvalue weighted by Crippen LogP contribution is 2.35. The molecule has 0 aromatic heterocycles. The molecule has 0 unspecified atom stereocenters. The van der Waals surface area contributed by atoms with Crippen molar-refractivity contribution in [2.75, 3.05) is 26.2 Å². The van der Waals surface area contributed by atoms with E-state index < -0.39 is 0 Å². The van der Waals surface area contributed by atoms with Crippen molar-refractivity contribution in [3.05, 3.63) is 35.9 Å². The van der Waals surface area contributed by atoms with Crippen LogP contribution in [0.4, 0.5) is 0 Å². The van der Waals surface area contributed by atoms with Crippen molar-refractivity contribution in [2.45, 2.75) is 71.5 Å². The number of likely N-dealkylation sites (tertiary alicyclic amines) is 1. The maximum Gasteiger partial charge on any atom is 0.126 e. The summed E-state index contributed by atoms with van der Waals surface area (Å²) in [5.74, 6) is 2.88.